The molecule has 0 amide bonds. The minimum Gasteiger partial charge on any atom is -0.465 e. The number of ether oxygens (including phenoxy) is 1. The Morgan fingerprint density at radius 3 is 2.81 bits per heavy atom. The Morgan fingerprint density at radius 2 is 2.19 bits per heavy atom. The van der Waals surface area contributed by atoms with Crippen LogP contribution >= 0.6 is 0 Å². The van der Waals surface area contributed by atoms with Crippen molar-refractivity contribution in [3.63, 3.8) is 0 Å². The summed E-state index contributed by atoms with van der Waals surface area (Å²) in [5.74, 6) is -0.250. The van der Waals surface area contributed by atoms with E-state index < -0.39 is 5.97 Å². The largest absolute Gasteiger partial charge is 0.465 e. The maximum absolute atomic E-state index is 11.5. The van der Waals surface area contributed by atoms with Crippen LogP contribution in [0, 0.1) is 13.8 Å². The molecule has 0 spiro atoms. The molecule has 0 aliphatic carbocycles. The lowest BCUT2D eigenvalue weighted by atomic mass is 10.2. The molecule has 6 heteroatoms. The second-order valence-electron chi connectivity index (χ2n) is 3.50. The summed E-state index contributed by atoms with van der Waals surface area (Å²) >= 11 is 0. The van der Waals surface area contributed by atoms with E-state index in [9.17, 15) is 4.79 Å². The van der Waals surface area contributed by atoms with Crippen LogP contribution in [0.4, 0.5) is 5.82 Å². The Hall–Kier alpha value is -2.11. The first-order valence-electron chi connectivity index (χ1n) is 4.75. The summed E-state index contributed by atoms with van der Waals surface area (Å²) in [5, 5.41) is 4.15. The van der Waals surface area contributed by atoms with Crippen molar-refractivity contribution in [3.05, 3.63) is 23.0 Å². The van der Waals surface area contributed by atoms with Crippen molar-refractivity contribution >= 4 is 17.4 Å². The minimum atomic E-state index is -0.502. The Morgan fingerprint density at radius 1 is 1.50 bits per heavy atom. The summed E-state index contributed by atoms with van der Waals surface area (Å²) in [6, 6.07) is 1.80. The average Bonchev–Trinajstić information content (AvgIpc) is 2.58. The van der Waals surface area contributed by atoms with Gasteiger partial charge in [-0.2, -0.15) is 9.61 Å². The SMILES string of the molecule is COC(=O)c1c(C)nc2cc(C)nn2c1N. The van der Waals surface area contributed by atoms with E-state index in [1.165, 1.54) is 11.6 Å². The van der Waals surface area contributed by atoms with E-state index in [0.717, 1.165) is 5.69 Å². The average molecular weight is 220 g/mol. The summed E-state index contributed by atoms with van der Waals surface area (Å²) in [6.45, 7) is 3.55. The van der Waals surface area contributed by atoms with Gasteiger partial charge in [0.2, 0.25) is 0 Å². The van der Waals surface area contributed by atoms with Crippen LogP contribution in [0.5, 0.6) is 0 Å². The van der Waals surface area contributed by atoms with Gasteiger partial charge in [0, 0.05) is 6.07 Å². The van der Waals surface area contributed by atoms with Gasteiger partial charge in [-0.15, -0.1) is 0 Å². The van der Waals surface area contributed by atoms with Gasteiger partial charge in [-0.25, -0.2) is 9.78 Å². The van der Waals surface area contributed by atoms with Gasteiger partial charge in [0.15, 0.2) is 5.65 Å². The normalized spacial score (nSPS) is 10.7. The van der Waals surface area contributed by atoms with Gasteiger partial charge in [0.1, 0.15) is 11.4 Å². The highest BCUT2D eigenvalue weighted by molar-refractivity contribution is 5.95. The number of nitrogen functional groups attached to an aromatic ring is 1. The van der Waals surface area contributed by atoms with Gasteiger partial charge < -0.3 is 10.5 Å². The zero-order valence-electron chi connectivity index (χ0n) is 9.31. The minimum absolute atomic E-state index is 0.252. The van der Waals surface area contributed by atoms with E-state index in [1.807, 2.05) is 6.92 Å². The quantitative estimate of drug-likeness (QED) is 0.716. The fourth-order valence-corrected chi connectivity index (χ4v) is 1.62. The van der Waals surface area contributed by atoms with E-state index in [1.54, 1.807) is 13.0 Å². The molecule has 0 atom stereocenters. The first-order chi connectivity index (χ1) is 7.54. The standard InChI is InChI=1S/C10H12N4O2/c1-5-4-7-12-6(2)8(10(15)16-3)9(11)14(7)13-5/h4H,11H2,1-3H3. The molecular formula is C10H12N4O2. The van der Waals surface area contributed by atoms with Crippen molar-refractivity contribution in [2.24, 2.45) is 0 Å². The van der Waals surface area contributed by atoms with Crippen molar-refractivity contribution < 1.29 is 9.53 Å². The van der Waals surface area contributed by atoms with Crippen LogP contribution < -0.4 is 5.73 Å². The Labute approximate surface area is 92.0 Å². The number of hydrogen-bond acceptors (Lipinski definition) is 5. The molecule has 0 bridgehead atoms. The third-order valence-electron chi connectivity index (χ3n) is 2.33. The molecule has 0 saturated heterocycles. The fraction of sp³-hybridized carbons (Fsp3) is 0.300. The van der Waals surface area contributed by atoms with Gasteiger partial charge >= 0.3 is 5.97 Å². The van der Waals surface area contributed by atoms with Crippen LogP contribution in [-0.2, 0) is 4.74 Å². The molecule has 0 aromatic carbocycles. The van der Waals surface area contributed by atoms with Crippen molar-refractivity contribution in [2.75, 3.05) is 12.8 Å². The van der Waals surface area contributed by atoms with Gasteiger partial charge in [-0.1, -0.05) is 0 Å². The summed E-state index contributed by atoms with van der Waals surface area (Å²) in [6.07, 6.45) is 0. The van der Waals surface area contributed by atoms with Gasteiger partial charge in [0.25, 0.3) is 0 Å². The first kappa shape index (κ1) is 10.4. The molecule has 0 aliphatic rings. The number of esters is 1. The van der Waals surface area contributed by atoms with E-state index in [0.29, 0.717) is 11.3 Å². The summed E-state index contributed by atoms with van der Waals surface area (Å²) in [7, 11) is 1.31. The third kappa shape index (κ3) is 1.39. The van der Waals surface area contributed by atoms with Crippen LogP contribution in [-0.4, -0.2) is 27.7 Å². The third-order valence-corrected chi connectivity index (χ3v) is 2.33. The van der Waals surface area contributed by atoms with Gasteiger partial charge in [0.05, 0.1) is 18.5 Å². The lowest BCUT2D eigenvalue weighted by molar-refractivity contribution is 0.0600. The number of carbonyl (C=O) groups is 1. The second kappa shape index (κ2) is 3.48. The number of nitrogens with two attached hydrogens (primary N) is 1. The number of aromatic nitrogens is 3. The molecule has 0 aliphatic heterocycles. The topological polar surface area (TPSA) is 82.5 Å². The Balaban J connectivity index is 2.79. The molecule has 2 aromatic rings. The van der Waals surface area contributed by atoms with E-state index >= 15 is 0 Å². The number of methoxy groups -OCH3 is 1. The zero-order chi connectivity index (χ0) is 11.9. The predicted molar refractivity (Wildman–Crippen MR) is 58.2 cm³/mol. The Kier molecular flexibility index (Phi) is 2.26. The van der Waals surface area contributed by atoms with Gasteiger partial charge in [-0.3, -0.25) is 0 Å². The number of aryl methyl sites for hydroxylation is 2. The van der Waals surface area contributed by atoms with Crippen molar-refractivity contribution in [3.8, 4) is 0 Å². The molecule has 2 aromatic heterocycles. The predicted octanol–water partition coefficient (Wildman–Crippen LogP) is 0.715. The van der Waals surface area contributed by atoms with Crippen LogP contribution in [0.2, 0.25) is 0 Å². The van der Waals surface area contributed by atoms with Crippen LogP contribution in [0.25, 0.3) is 5.65 Å². The summed E-state index contributed by atoms with van der Waals surface area (Å²) < 4.78 is 6.09. The molecule has 0 radical (unpaired) electrons. The highest BCUT2D eigenvalue weighted by Crippen LogP contribution is 2.18. The molecular weight excluding hydrogens is 208 g/mol. The number of hydrogen-bond donors (Lipinski definition) is 1. The molecule has 2 rings (SSSR count). The smallest absolute Gasteiger partial charge is 0.343 e. The first-order valence-corrected chi connectivity index (χ1v) is 4.75. The van der Waals surface area contributed by atoms with E-state index in [4.69, 9.17) is 5.73 Å². The van der Waals surface area contributed by atoms with Crippen molar-refractivity contribution in [1.29, 1.82) is 0 Å². The zero-order valence-corrected chi connectivity index (χ0v) is 9.31. The highest BCUT2D eigenvalue weighted by Gasteiger charge is 2.18. The molecule has 2 N–H and O–H groups in total. The molecule has 0 unspecified atom stereocenters. The van der Waals surface area contributed by atoms with Gasteiger partial charge in [-0.05, 0) is 13.8 Å². The molecule has 6 nitrogen and oxygen atoms in total. The number of rotatable bonds is 1. The number of nitrogens with zero attached hydrogens (tertiary/aromatic N) is 3. The Bertz CT molecular complexity index is 574. The van der Waals surface area contributed by atoms with Crippen LogP contribution in [0.3, 0.4) is 0 Å². The molecule has 0 fully saturated rings. The maximum Gasteiger partial charge on any atom is 0.343 e. The van der Waals surface area contributed by atoms with Crippen LogP contribution in [0.15, 0.2) is 6.07 Å². The van der Waals surface area contributed by atoms with Crippen molar-refractivity contribution in [1.82, 2.24) is 14.6 Å². The van der Waals surface area contributed by atoms with E-state index in [2.05, 4.69) is 14.8 Å². The second-order valence-corrected chi connectivity index (χ2v) is 3.50. The molecule has 84 valence electrons. The lowest BCUT2D eigenvalue weighted by Crippen LogP contribution is -2.14. The molecule has 16 heavy (non-hydrogen) atoms. The van der Waals surface area contributed by atoms with Crippen LogP contribution in [0.1, 0.15) is 21.7 Å². The maximum atomic E-state index is 11.5. The fourth-order valence-electron chi connectivity index (χ4n) is 1.62. The molecule has 2 heterocycles. The van der Waals surface area contributed by atoms with E-state index in [-0.39, 0.29) is 11.4 Å². The summed E-state index contributed by atoms with van der Waals surface area (Å²) in [5.41, 5.74) is 8.09. The lowest BCUT2D eigenvalue weighted by Gasteiger charge is -2.07. The van der Waals surface area contributed by atoms with Crippen molar-refractivity contribution in [2.45, 2.75) is 13.8 Å². The number of fused-ring (bicyclic) bond motifs is 1. The number of anilines is 1. The number of carbonyl (C=O) groups excluding carboxylic acids is 1. The highest BCUT2D eigenvalue weighted by atomic mass is 16.5. The summed E-state index contributed by atoms with van der Waals surface area (Å²) in [4.78, 5) is 15.8. The monoisotopic (exact) mass is 220 g/mol. The molecule has 0 saturated carbocycles.